The molecule has 0 radical (unpaired) electrons. The normalized spacial score (nSPS) is 11.5. The van der Waals surface area contributed by atoms with Gasteiger partial charge in [0, 0.05) is 10.7 Å². The molecule has 1 heterocycles. The topological polar surface area (TPSA) is 64.8 Å². The zero-order valence-electron chi connectivity index (χ0n) is 7.41. The van der Waals surface area contributed by atoms with Crippen LogP contribution in [0.15, 0.2) is 41.8 Å². The van der Waals surface area contributed by atoms with Gasteiger partial charge in [-0.1, -0.05) is 12.1 Å². The van der Waals surface area contributed by atoms with Crippen LogP contribution in [0.5, 0.6) is 0 Å². The van der Waals surface area contributed by atoms with Crippen molar-refractivity contribution in [1.29, 1.82) is 0 Å². The van der Waals surface area contributed by atoms with Gasteiger partial charge in [0.2, 0.25) is 0 Å². The fraction of sp³-hybridized carbons (Fsp3) is 0. The molecule has 0 bridgehead atoms. The molecule has 0 amide bonds. The molecule has 0 aliphatic rings. The summed E-state index contributed by atoms with van der Waals surface area (Å²) in [4.78, 5) is 3.75. The molecular formula is C8H6ClN3O2S. The van der Waals surface area contributed by atoms with Crippen LogP contribution < -0.4 is 0 Å². The first-order chi connectivity index (χ1) is 7.09. The SMILES string of the molecule is O=S(=O)(Cl)c1ccccc1-n1cncn1. The molecule has 0 saturated heterocycles. The third-order valence-electron chi connectivity index (χ3n) is 1.79. The van der Waals surface area contributed by atoms with Crippen LogP contribution in [0.3, 0.4) is 0 Å². The van der Waals surface area contributed by atoms with Gasteiger partial charge in [0.25, 0.3) is 9.05 Å². The van der Waals surface area contributed by atoms with Gasteiger partial charge >= 0.3 is 0 Å². The van der Waals surface area contributed by atoms with Gasteiger partial charge in [-0.05, 0) is 12.1 Å². The molecule has 0 unspecified atom stereocenters. The first kappa shape index (κ1) is 10.1. The second kappa shape index (κ2) is 3.63. The molecule has 15 heavy (non-hydrogen) atoms. The molecule has 2 rings (SSSR count). The minimum atomic E-state index is -3.78. The average Bonchev–Trinajstić information content (AvgIpc) is 2.69. The maximum absolute atomic E-state index is 11.3. The fourth-order valence-electron chi connectivity index (χ4n) is 1.19. The number of para-hydroxylation sites is 1. The Morgan fingerprint density at radius 1 is 1.27 bits per heavy atom. The average molecular weight is 244 g/mol. The molecule has 5 nitrogen and oxygen atoms in total. The van der Waals surface area contributed by atoms with Crippen molar-refractivity contribution in [2.75, 3.05) is 0 Å². The van der Waals surface area contributed by atoms with Crippen molar-refractivity contribution in [1.82, 2.24) is 14.8 Å². The lowest BCUT2D eigenvalue weighted by Crippen LogP contribution is -2.02. The number of nitrogens with zero attached hydrogens (tertiary/aromatic N) is 3. The number of hydrogen-bond acceptors (Lipinski definition) is 4. The highest BCUT2D eigenvalue weighted by Gasteiger charge is 2.16. The van der Waals surface area contributed by atoms with E-state index in [0.29, 0.717) is 5.69 Å². The number of rotatable bonds is 2. The highest BCUT2D eigenvalue weighted by Crippen LogP contribution is 2.21. The van der Waals surface area contributed by atoms with Crippen molar-refractivity contribution in [3.05, 3.63) is 36.9 Å². The fourth-order valence-corrected chi connectivity index (χ4v) is 2.23. The van der Waals surface area contributed by atoms with Gasteiger partial charge in [-0.15, -0.1) is 0 Å². The molecule has 7 heteroatoms. The minimum Gasteiger partial charge on any atom is -0.223 e. The zero-order chi connectivity index (χ0) is 10.9. The van der Waals surface area contributed by atoms with Crippen LogP contribution in [0.4, 0.5) is 0 Å². The molecule has 1 aromatic heterocycles. The standard InChI is InChI=1S/C8H6ClN3O2S/c9-15(13,14)8-4-2-1-3-7(8)12-6-10-5-11-12/h1-6H. The monoisotopic (exact) mass is 243 g/mol. The molecule has 0 aliphatic heterocycles. The Balaban J connectivity index is 2.68. The predicted octanol–water partition coefficient (Wildman–Crippen LogP) is 1.19. The van der Waals surface area contributed by atoms with Crippen molar-refractivity contribution < 1.29 is 8.42 Å². The van der Waals surface area contributed by atoms with Gasteiger partial charge in [0.15, 0.2) is 0 Å². The summed E-state index contributed by atoms with van der Waals surface area (Å²) in [6, 6.07) is 6.31. The van der Waals surface area contributed by atoms with Gasteiger partial charge in [0.05, 0.1) is 5.69 Å². The number of hydrogen-bond donors (Lipinski definition) is 0. The summed E-state index contributed by atoms with van der Waals surface area (Å²) in [5.41, 5.74) is 0.380. The highest BCUT2D eigenvalue weighted by molar-refractivity contribution is 8.13. The van der Waals surface area contributed by atoms with E-state index < -0.39 is 9.05 Å². The molecule has 78 valence electrons. The van der Waals surface area contributed by atoms with Crippen molar-refractivity contribution in [2.45, 2.75) is 4.90 Å². The Hall–Kier alpha value is -1.40. The van der Waals surface area contributed by atoms with Crippen molar-refractivity contribution >= 4 is 19.7 Å². The van der Waals surface area contributed by atoms with Crippen LogP contribution in [-0.4, -0.2) is 23.2 Å². The lowest BCUT2D eigenvalue weighted by atomic mass is 10.3. The highest BCUT2D eigenvalue weighted by atomic mass is 35.7. The van der Waals surface area contributed by atoms with E-state index in [0.717, 1.165) is 0 Å². The third-order valence-corrected chi connectivity index (χ3v) is 3.16. The Kier molecular flexibility index (Phi) is 2.45. The van der Waals surface area contributed by atoms with E-state index >= 15 is 0 Å². The zero-order valence-corrected chi connectivity index (χ0v) is 8.98. The number of aromatic nitrogens is 3. The molecule has 0 saturated carbocycles. The molecule has 0 fully saturated rings. The van der Waals surface area contributed by atoms with Gasteiger partial charge in [0.1, 0.15) is 17.6 Å². The summed E-state index contributed by atoms with van der Waals surface area (Å²) in [5, 5.41) is 3.84. The first-order valence-electron chi connectivity index (χ1n) is 3.98. The molecule has 2 aromatic rings. The van der Waals surface area contributed by atoms with E-state index in [1.807, 2.05) is 0 Å². The quantitative estimate of drug-likeness (QED) is 0.744. The maximum Gasteiger partial charge on any atom is 0.263 e. The Morgan fingerprint density at radius 3 is 2.60 bits per heavy atom. The molecule has 0 N–H and O–H groups in total. The third kappa shape index (κ3) is 2.00. The summed E-state index contributed by atoms with van der Waals surface area (Å²) < 4.78 is 23.8. The number of benzene rings is 1. The second-order valence-electron chi connectivity index (χ2n) is 2.75. The second-order valence-corrected chi connectivity index (χ2v) is 5.28. The van der Waals surface area contributed by atoms with E-state index in [-0.39, 0.29) is 4.90 Å². The van der Waals surface area contributed by atoms with E-state index in [2.05, 4.69) is 10.1 Å². The Bertz CT molecular complexity index is 565. The molecular weight excluding hydrogens is 238 g/mol. The summed E-state index contributed by atoms with van der Waals surface area (Å²) in [6.45, 7) is 0. The van der Waals surface area contributed by atoms with E-state index in [1.54, 1.807) is 18.2 Å². The maximum atomic E-state index is 11.3. The van der Waals surface area contributed by atoms with Crippen molar-refractivity contribution in [2.24, 2.45) is 0 Å². The molecule has 0 spiro atoms. The lowest BCUT2D eigenvalue weighted by Gasteiger charge is -2.04. The summed E-state index contributed by atoms with van der Waals surface area (Å²) in [6.07, 6.45) is 2.72. The van der Waals surface area contributed by atoms with Gasteiger partial charge < -0.3 is 0 Å². The van der Waals surface area contributed by atoms with Crippen LogP contribution in [0.1, 0.15) is 0 Å². The van der Waals surface area contributed by atoms with Crippen LogP contribution >= 0.6 is 10.7 Å². The van der Waals surface area contributed by atoms with Crippen LogP contribution in [-0.2, 0) is 9.05 Å². The van der Waals surface area contributed by atoms with Gasteiger partial charge in [-0.3, -0.25) is 0 Å². The summed E-state index contributed by atoms with van der Waals surface area (Å²) in [5.74, 6) is 0. The molecule has 0 atom stereocenters. The van der Waals surface area contributed by atoms with Crippen molar-refractivity contribution in [3.63, 3.8) is 0 Å². The van der Waals surface area contributed by atoms with Crippen molar-refractivity contribution in [3.8, 4) is 5.69 Å². The smallest absolute Gasteiger partial charge is 0.223 e. The minimum absolute atomic E-state index is 0.0113. The summed E-state index contributed by atoms with van der Waals surface area (Å²) >= 11 is 0. The Labute approximate surface area is 90.7 Å². The van der Waals surface area contributed by atoms with Crippen LogP contribution in [0.2, 0.25) is 0 Å². The Morgan fingerprint density at radius 2 is 2.00 bits per heavy atom. The number of halogens is 1. The van der Waals surface area contributed by atoms with E-state index in [4.69, 9.17) is 10.7 Å². The molecule has 0 aliphatic carbocycles. The van der Waals surface area contributed by atoms with Crippen LogP contribution in [0.25, 0.3) is 5.69 Å². The van der Waals surface area contributed by atoms with Gasteiger partial charge in [-0.2, -0.15) is 5.10 Å². The summed E-state index contributed by atoms with van der Waals surface area (Å²) in [7, 11) is 1.52. The largest absolute Gasteiger partial charge is 0.263 e. The predicted molar refractivity (Wildman–Crippen MR) is 54.4 cm³/mol. The van der Waals surface area contributed by atoms with E-state index in [9.17, 15) is 8.42 Å². The first-order valence-corrected chi connectivity index (χ1v) is 6.28. The van der Waals surface area contributed by atoms with Crippen LogP contribution in [0, 0.1) is 0 Å². The van der Waals surface area contributed by atoms with Gasteiger partial charge in [-0.25, -0.2) is 18.1 Å². The molecule has 1 aromatic carbocycles. The lowest BCUT2D eigenvalue weighted by molar-refractivity contribution is 0.608. The van der Waals surface area contributed by atoms with E-state index in [1.165, 1.54) is 23.4 Å².